The number of H-pyrrole nitrogens is 1. The summed E-state index contributed by atoms with van der Waals surface area (Å²) in [6.45, 7) is 1.76. The van der Waals surface area contributed by atoms with Gasteiger partial charge in [-0.25, -0.2) is 0 Å². The Kier molecular flexibility index (Phi) is 4.58. The summed E-state index contributed by atoms with van der Waals surface area (Å²) in [7, 11) is 4.15. The van der Waals surface area contributed by atoms with Crippen LogP contribution in [0.3, 0.4) is 0 Å². The molecule has 6 nitrogen and oxygen atoms in total. The third-order valence-electron chi connectivity index (χ3n) is 4.52. The number of pyridine rings is 1. The Morgan fingerprint density at radius 3 is 3.00 bits per heavy atom. The first-order chi connectivity index (χ1) is 12.7. The van der Waals surface area contributed by atoms with E-state index < -0.39 is 0 Å². The third kappa shape index (κ3) is 3.41. The molecule has 0 unspecified atom stereocenters. The first-order valence-corrected chi connectivity index (χ1v) is 8.86. The lowest BCUT2D eigenvalue weighted by Gasteiger charge is -2.11. The molecule has 26 heavy (non-hydrogen) atoms. The largest absolute Gasteiger partial charge is 0.494 e. The lowest BCUT2D eigenvalue weighted by Crippen LogP contribution is -2.15. The standard InChI is InChI=1S/C20H23N5O/c1-25(2)9-4-10-26-16-6-7-17-14(11-16)12-18-19(17)23-24-20(18)22-15-5-3-8-21-13-15/h3,5-8,11,13H,4,9-10,12H2,1-2H3,(H2,22,23,24). The van der Waals surface area contributed by atoms with Crippen LogP contribution < -0.4 is 10.1 Å². The summed E-state index contributed by atoms with van der Waals surface area (Å²) < 4.78 is 5.90. The number of hydrogen-bond acceptors (Lipinski definition) is 5. The Balaban J connectivity index is 1.46. The highest BCUT2D eigenvalue weighted by atomic mass is 16.5. The van der Waals surface area contributed by atoms with Crippen LogP contribution in [-0.2, 0) is 6.42 Å². The molecule has 0 aliphatic heterocycles. The van der Waals surface area contributed by atoms with Crippen molar-refractivity contribution in [2.75, 3.05) is 32.6 Å². The molecule has 0 bridgehead atoms. The normalized spacial score (nSPS) is 12.1. The van der Waals surface area contributed by atoms with Crippen molar-refractivity contribution in [3.8, 4) is 17.0 Å². The van der Waals surface area contributed by atoms with Crippen molar-refractivity contribution in [3.63, 3.8) is 0 Å². The Hall–Kier alpha value is -2.86. The molecule has 0 spiro atoms. The van der Waals surface area contributed by atoms with Crippen LogP contribution in [0.2, 0.25) is 0 Å². The van der Waals surface area contributed by atoms with E-state index in [1.165, 1.54) is 16.7 Å². The molecule has 1 aromatic carbocycles. The zero-order valence-electron chi connectivity index (χ0n) is 15.1. The summed E-state index contributed by atoms with van der Waals surface area (Å²) in [6.07, 6.45) is 5.43. The molecule has 6 heteroatoms. The van der Waals surface area contributed by atoms with E-state index >= 15 is 0 Å². The smallest absolute Gasteiger partial charge is 0.130 e. The van der Waals surface area contributed by atoms with Gasteiger partial charge in [-0.15, -0.1) is 0 Å². The van der Waals surface area contributed by atoms with Crippen LogP contribution in [0.25, 0.3) is 11.3 Å². The molecular formula is C20H23N5O. The Morgan fingerprint density at radius 2 is 2.19 bits per heavy atom. The maximum Gasteiger partial charge on any atom is 0.130 e. The topological polar surface area (TPSA) is 66.1 Å². The molecule has 0 amide bonds. The second-order valence-electron chi connectivity index (χ2n) is 6.79. The van der Waals surface area contributed by atoms with Crippen molar-refractivity contribution in [3.05, 3.63) is 53.9 Å². The molecular weight excluding hydrogens is 326 g/mol. The molecule has 2 N–H and O–H groups in total. The van der Waals surface area contributed by atoms with Gasteiger partial charge in [0.25, 0.3) is 0 Å². The van der Waals surface area contributed by atoms with Gasteiger partial charge in [-0.3, -0.25) is 10.1 Å². The monoisotopic (exact) mass is 349 g/mol. The zero-order chi connectivity index (χ0) is 17.9. The summed E-state index contributed by atoms with van der Waals surface area (Å²) in [5.74, 6) is 1.86. The highest BCUT2D eigenvalue weighted by molar-refractivity contribution is 5.80. The number of rotatable bonds is 7. The Morgan fingerprint density at radius 1 is 1.27 bits per heavy atom. The number of ether oxygens (including phenoxy) is 1. The molecule has 0 fully saturated rings. The lowest BCUT2D eigenvalue weighted by atomic mass is 10.1. The summed E-state index contributed by atoms with van der Waals surface area (Å²) >= 11 is 0. The molecule has 2 aromatic heterocycles. The molecule has 0 saturated heterocycles. The number of nitrogens with one attached hydrogen (secondary N) is 2. The molecule has 0 radical (unpaired) electrons. The van der Waals surface area contributed by atoms with E-state index in [-0.39, 0.29) is 0 Å². The Bertz CT molecular complexity index is 888. The number of hydrogen-bond donors (Lipinski definition) is 2. The number of fused-ring (bicyclic) bond motifs is 3. The minimum absolute atomic E-state index is 0.732. The summed E-state index contributed by atoms with van der Waals surface area (Å²) in [5.41, 5.74) is 5.59. The van der Waals surface area contributed by atoms with Crippen LogP contribution >= 0.6 is 0 Å². The molecule has 1 aliphatic carbocycles. The average molecular weight is 349 g/mol. The number of aromatic amines is 1. The third-order valence-corrected chi connectivity index (χ3v) is 4.52. The maximum absolute atomic E-state index is 5.90. The van der Waals surface area contributed by atoms with Gasteiger partial charge >= 0.3 is 0 Å². The SMILES string of the molecule is CN(C)CCCOc1ccc2c(c1)Cc1c-2n[nH]c1Nc1cccnc1. The van der Waals surface area contributed by atoms with Gasteiger partial charge in [0.1, 0.15) is 11.6 Å². The van der Waals surface area contributed by atoms with Crippen LogP contribution in [0.5, 0.6) is 5.75 Å². The van der Waals surface area contributed by atoms with Crippen LogP contribution in [0, 0.1) is 0 Å². The van der Waals surface area contributed by atoms with Crippen molar-refractivity contribution < 1.29 is 4.74 Å². The Labute approximate surface area is 153 Å². The number of benzene rings is 1. The van der Waals surface area contributed by atoms with Crippen molar-refractivity contribution in [2.24, 2.45) is 0 Å². The average Bonchev–Trinajstić information content (AvgIpc) is 3.19. The van der Waals surface area contributed by atoms with E-state index in [2.05, 4.69) is 51.6 Å². The molecule has 134 valence electrons. The predicted octanol–water partition coefficient (Wildman–Crippen LogP) is 3.45. The highest BCUT2D eigenvalue weighted by Gasteiger charge is 2.25. The van der Waals surface area contributed by atoms with Gasteiger partial charge in [-0.05, 0) is 56.4 Å². The van der Waals surface area contributed by atoms with Crippen molar-refractivity contribution >= 4 is 11.5 Å². The molecule has 0 atom stereocenters. The quantitative estimate of drug-likeness (QED) is 0.500. The second kappa shape index (κ2) is 7.17. The van der Waals surface area contributed by atoms with Gasteiger partial charge in [-0.2, -0.15) is 5.10 Å². The van der Waals surface area contributed by atoms with Crippen molar-refractivity contribution in [1.29, 1.82) is 0 Å². The zero-order valence-corrected chi connectivity index (χ0v) is 15.1. The van der Waals surface area contributed by atoms with Gasteiger partial charge in [0.05, 0.1) is 24.2 Å². The fourth-order valence-corrected chi connectivity index (χ4v) is 3.24. The molecule has 2 heterocycles. The van der Waals surface area contributed by atoms with E-state index in [9.17, 15) is 0 Å². The van der Waals surface area contributed by atoms with Crippen LogP contribution in [0.15, 0.2) is 42.7 Å². The highest BCUT2D eigenvalue weighted by Crippen LogP contribution is 2.40. The van der Waals surface area contributed by atoms with E-state index in [1.807, 2.05) is 18.2 Å². The first-order valence-electron chi connectivity index (χ1n) is 8.86. The van der Waals surface area contributed by atoms with E-state index in [0.717, 1.165) is 48.9 Å². The minimum atomic E-state index is 0.732. The van der Waals surface area contributed by atoms with E-state index in [1.54, 1.807) is 12.4 Å². The van der Waals surface area contributed by atoms with Gasteiger partial charge in [0.15, 0.2) is 0 Å². The summed E-state index contributed by atoms with van der Waals surface area (Å²) in [6, 6.07) is 10.2. The van der Waals surface area contributed by atoms with Gasteiger partial charge in [0, 0.05) is 30.3 Å². The van der Waals surface area contributed by atoms with E-state index in [0.29, 0.717) is 0 Å². The lowest BCUT2D eigenvalue weighted by molar-refractivity contribution is 0.281. The second-order valence-corrected chi connectivity index (χ2v) is 6.79. The van der Waals surface area contributed by atoms with Crippen molar-refractivity contribution in [1.82, 2.24) is 20.1 Å². The maximum atomic E-state index is 5.90. The van der Waals surface area contributed by atoms with Crippen LogP contribution in [0.4, 0.5) is 11.5 Å². The van der Waals surface area contributed by atoms with Crippen LogP contribution in [-0.4, -0.2) is 47.3 Å². The minimum Gasteiger partial charge on any atom is -0.494 e. The number of anilines is 2. The fraction of sp³-hybridized carbons (Fsp3) is 0.300. The van der Waals surface area contributed by atoms with Gasteiger partial charge < -0.3 is 15.0 Å². The van der Waals surface area contributed by atoms with Gasteiger partial charge in [-0.1, -0.05) is 0 Å². The number of aromatic nitrogens is 3. The van der Waals surface area contributed by atoms with Crippen LogP contribution in [0.1, 0.15) is 17.5 Å². The summed E-state index contributed by atoms with van der Waals surface area (Å²) in [5, 5.41) is 11.0. The fourth-order valence-electron chi connectivity index (χ4n) is 3.24. The molecule has 4 rings (SSSR count). The first kappa shape index (κ1) is 16.6. The molecule has 0 saturated carbocycles. The predicted molar refractivity (Wildman–Crippen MR) is 103 cm³/mol. The number of nitrogens with zero attached hydrogens (tertiary/aromatic N) is 3. The molecule has 3 aromatic rings. The van der Waals surface area contributed by atoms with Crippen molar-refractivity contribution in [2.45, 2.75) is 12.8 Å². The van der Waals surface area contributed by atoms with Gasteiger partial charge in [0.2, 0.25) is 0 Å². The molecule has 1 aliphatic rings. The summed E-state index contributed by atoms with van der Waals surface area (Å²) in [4.78, 5) is 6.31. The van der Waals surface area contributed by atoms with E-state index in [4.69, 9.17) is 4.74 Å².